The lowest BCUT2D eigenvalue weighted by molar-refractivity contribution is -0.671. The van der Waals surface area contributed by atoms with Crippen LogP contribution in [0.15, 0.2) is 98.1 Å². The molecule has 2 aromatic carbocycles. The zero-order valence-electron chi connectivity index (χ0n) is 18.2. The Morgan fingerprint density at radius 1 is 0.733 bits per heavy atom. The van der Waals surface area contributed by atoms with Gasteiger partial charge in [0.15, 0.2) is 0 Å². The second kappa shape index (κ2) is 9.12. The highest BCUT2D eigenvalue weighted by Crippen LogP contribution is 2.39. The van der Waals surface area contributed by atoms with Crippen molar-refractivity contribution in [1.29, 1.82) is 0 Å². The summed E-state index contributed by atoms with van der Waals surface area (Å²) in [4.78, 5) is 0. The summed E-state index contributed by atoms with van der Waals surface area (Å²) in [5.41, 5.74) is 2.75. The Morgan fingerprint density at radius 2 is 1.27 bits per heavy atom. The third-order valence-electron chi connectivity index (χ3n) is 6.10. The molecule has 0 bridgehead atoms. The third kappa shape index (κ3) is 4.38. The summed E-state index contributed by atoms with van der Waals surface area (Å²) in [6, 6.07) is 22.5. The molecule has 4 rings (SSSR count). The molecule has 0 aliphatic rings. The maximum atomic E-state index is 2.40. The van der Waals surface area contributed by atoms with Crippen LogP contribution >= 0.6 is 0 Å². The maximum absolute atomic E-state index is 2.40. The molecule has 154 valence electrons. The highest BCUT2D eigenvalue weighted by Gasteiger charge is 2.33. The van der Waals surface area contributed by atoms with Gasteiger partial charge in [0.2, 0.25) is 12.7 Å². The lowest BCUT2D eigenvalue weighted by atomic mass is 9.84. The van der Waals surface area contributed by atoms with E-state index in [-0.39, 0.29) is 6.04 Å². The highest BCUT2D eigenvalue weighted by atomic mass is 15.1. The topological polar surface area (TPSA) is 17.6 Å². The molecule has 30 heavy (non-hydrogen) atoms. The molecule has 4 heteroatoms. The Labute approximate surface area is 179 Å². The standard InChI is InChI=1S/C26H32N4/c1-4-24(22-11-7-5-8-12-22)26(30-18-16-28(3)21-30)19-25(23-13-9-6-10-14-23)29-17-15-27(2)20-29/h5-18,20-21,24-26H,4,19H2,1-3H3/q+2. The first-order valence-corrected chi connectivity index (χ1v) is 10.8. The van der Waals surface area contributed by atoms with Gasteiger partial charge in [-0.3, -0.25) is 0 Å². The van der Waals surface area contributed by atoms with Crippen molar-refractivity contribution in [2.75, 3.05) is 0 Å². The quantitative estimate of drug-likeness (QED) is 0.391. The predicted molar refractivity (Wildman–Crippen MR) is 119 cm³/mol. The number of hydrogen-bond acceptors (Lipinski definition) is 0. The zero-order chi connectivity index (χ0) is 20.9. The van der Waals surface area contributed by atoms with Crippen LogP contribution in [0.3, 0.4) is 0 Å². The van der Waals surface area contributed by atoms with Crippen LogP contribution in [0, 0.1) is 0 Å². The molecule has 0 aliphatic heterocycles. The first-order valence-electron chi connectivity index (χ1n) is 10.8. The number of aromatic nitrogens is 4. The molecule has 0 radical (unpaired) electrons. The normalized spacial score (nSPS) is 14.4. The van der Waals surface area contributed by atoms with Crippen LogP contribution in [0.5, 0.6) is 0 Å². The molecule has 4 aromatic rings. The first-order chi connectivity index (χ1) is 14.7. The van der Waals surface area contributed by atoms with Gasteiger partial charge in [-0.05, 0) is 17.5 Å². The molecular weight excluding hydrogens is 368 g/mol. The van der Waals surface area contributed by atoms with E-state index in [1.165, 1.54) is 11.1 Å². The lowest BCUT2D eigenvalue weighted by Crippen LogP contribution is -2.28. The van der Waals surface area contributed by atoms with E-state index < -0.39 is 0 Å². The number of aryl methyl sites for hydroxylation is 2. The van der Waals surface area contributed by atoms with Crippen LogP contribution in [-0.4, -0.2) is 9.13 Å². The number of rotatable bonds is 8. The van der Waals surface area contributed by atoms with E-state index in [0.29, 0.717) is 12.0 Å². The van der Waals surface area contributed by atoms with Gasteiger partial charge in [-0.25, -0.2) is 18.3 Å². The Morgan fingerprint density at radius 3 is 1.77 bits per heavy atom. The van der Waals surface area contributed by atoms with E-state index in [1.807, 2.05) is 0 Å². The van der Waals surface area contributed by atoms with Gasteiger partial charge in [0.25, 0.3) is 0 Å². The predicted octanol–water partition coefficient (Wildman–Crippen LogP) is 4.35. The van der Waals surface area contributed by atoms with Crippen molar-refractivity contribution in [1.82, 2.24) is 9.13 Å². The molecule has 0 saturated heterocycles. The average molecular weight is 401 g/mol. The van der Waals surface area contributed by atoms with Crippen LogP contribution in [-0.2, 0) is 14.1 Å². The van der Waals surface area contributed by atoms with Crippen molar-refractivity contribution in [3.63, 3.8) is 0 Å². The number of hydrogen-bond donors (Lipinski definition) is 0. The van der Waals surface area contributed by atoms with Crippen LogP contribution < -0.4 is 9.13 Å². The fourth-order valence-corrected chi connectivity index (χ4v) is 4.58. The van der Waals surface area contributed by atoms with E-state index >= 15 is 0 Å². The summed E-state index contributed by atoms with van der Waals surface area (Å²) in [6.07, 6.45) is 15.2. The van der Waals surface area contributed by atoms with Crippen LogP contribution in [0.4, 0.5) is 0 Å². The highest BCUT2D eigenvalue weighted by molar-refractivity contribution is 5.23. The van der Waals surface area contributed by atoms with E-state index in [2.05, 4.69) is 137 Å². The van der Waals surface area contributed by atoms with E-state index in [0.717, 1.165) is 12.8 Å². The molecule has 0 fully saturated rings. The molecular formula is C26H32N4+2. The molecule has 0 spiro atoms. The molecule has 4 nitrogen and oxygen atoms in total. The smallest absolute Gasteiger partial charge is 0.240 e. The fourth-order valence-electron chi connectivity index (χ4n) is 4.58. The number of benzene rings is 2. The number of imidazole rings is 2. The fraction of sp³-hybridized carbons (Fsp3) is 0.308. The van der Waals surface area contributed by atoms with E-state index in [1.54, 1.807) is 0 Å². The van der Waals surface area contributed by atoms with Crippen molar-refractivity contribution >= 4 is 0 Å². The van der Waals surface area contributed by atoms with Crippen molar-refractivity contribution in [3.8, 4) is 0 Å². The summed E-state index contributed by atoms with van der Waals surface area (Å²) in [5, 5.41) is 0. The van der Waals surface area contributed by atoms with Gasteiger partial charge in [-0.2, -0.15) is 0 Å². The van der Waals surface area contributed by atoms with Gasteiger partial charge in [-0.15, -0.1) is 0 Å². The van der Waals surface area contributed by atoms with Gasteiger partial charge in [0.1, 0.15) is 36.9 Å². The molecule has 0 saturated carbocycles. The van der Waals surface area contributed by atoms with Crippen LogP contribution in [0.2, 0.25) is 0 Å². The van der Waals surface area contributed by atoms with Crippen LogP contribution in [0.1, 0.15) is 48.9 Å². The summed E-state index contributed by atoms with van der Waals surface area (Å²) >= 11 is 0. The summed E-state index contributed by atoms with van der Waals surface area (Å²) in [5.74, 6) is 0.439. The third-order valence-corrected chi connectivity index (χ3v) is 6.10. The molecule has 3 atom stereocenters. The van der Waals surface area contributed by atoms with Gasteiger partial charge in [-0.1, -0.05) is 67.6 Å². The van der Waals surface area contributed by atoms with E-state index in [9.17, 15) is 0 Å². The van der Waals surface area contributed by atoms with Gasteiger partial charge in [0, 0.05) is 12.3 Å². The zero-order valence-corrected chi connectivity index (χ0v) is 18.2. The molecule has 0 aliphatic carbocycles. The molecule has 2 heterocycles. The molecule has 3 unspecified atom stereocenters. The van der Waals surface area contributed by atoms with Crippen LogP contribution in [0.25, 0.3) is 0 Å². The molecule has 0 amide bonds. The Bertz CT molecular complexity index is 1050. The van der Waals surface area contributed by atoms with Gasteiger partial charge < -0.3 is 0 Å². The minimum absolute atomic E-state index is 0.267. The largest absolute Gasteiger partial charge is 0.244 e. The lowest BCUT2D eigenvalue weighted by Gasteiger charge is -2.27. The van der Waals surface area contributed by atoms with Crippen molar-refractivity contribution in [2.24, 2.45) is 14.1 Å². The SMILES string of the molecule is CCC(c1ccccc1)C(CC(c1ccccc1)n1cc[n+](C)c1)n1cc[n+](C)c1. The Kier molecular flexibility index (Phi) is 6.12. The minimum atomic E-state index is 0.267. The molecule has 2 aromatic heterocycles. The van der Waals surface area contributed by atoms with Gasteiger partial charge >= 0.3 is 0 Å². The number of nitrogens with zero attached hydrogens (tertiary/aromatic N) is 4. The van der Waals surface area contributed by atoms with E-state index in [4.69, 9.17) is 0 Å². The monoisotopic (exact) mass is 400 g/mol. The second-order valence-electron chi connectivity index (χ2n) is 8.21. The van der Waals surface area contributed by atoms with Crippen molar-refractivity contribution < 1.29 is 9.13 Å². The Hall–Kier alpha value is -3.14. The summed E-state index contributed by atoms with van der Waals surface area (Å²) in [6.45, 7) is 2.31. The van der Waals surface area contributed by atoms with Gasteiger partial charge in [0.05, 0.1) is 14.1 Å². The first kappa shape index (κ1) is 20.1. The maximum Gasteiger partial charge on any atom is 0.244 e. The Balaban J connectivity index is 1.77. The molecule has 0 N–H and O–H groups in total. The minimum Gasteiger partial charge on any atom is -0.240 e. The second-order valence-corrected chi connectivity index (χ2v) is 8.21. The van der Waals surface area contributed by atoms with Crippen molar-refractivity contribution in [2.45, 2.75) is 37.8 Å². The summed E-state index contributed by atoms with van der Waals surface area (Å²) < 4.78 is 9.01. The summed E-state index contributed by atoms with van der Waals surface area (Å²) in [7, 11) is 4.18. The average Bonchev–Trinajstić information content (AvgIpc) is 3.40. The van der Waals surface area contributed by atoms with Crippen molar-refractivity contribution in [3.05, 3.63) is 109 Å².